The third kappa shape index (κ3) is 0.714. The number of H-pyrrole nitrogens is 1. The van der Waals surface area contributed by atoms with Gasteiger partial charge >= 0.3 is 0 Å². The standard InChI is InChI=1S/C6H4FN3O2/c7-4-5(11)9-3-1-2-8-10(3)6(4)12/h1-2,12H,(H,9,11). The SMILES string of the molecule is O=c1[nH]c2ccnn2c(O)c1F. The summed E-state index contributed by atoms with van der Waals surface area (Å²) in [4.78, 5) is 12.9. The van der Waals surface area contributed by atoms with Crippen LogP contribution >= 0.6 is 0 Å². The number of hydrogen-bond donors (Lipinski definition) is 2. The molecule has 0 aliphatic carbocycles. The quantitative estimate of drug-likeness (QED) is 0.577. The van der Waals surface area contributed by atoms with Crippen molar-refractivity contribution in [2.75, 3.05) is 0 Å². The summed E-state index contributed by atoms with van der Waals surface area (Å²) in [5.74, 6) is -2.01. The van der Waals surface area contributed by atoms with Crippen molar-refractivity contribution in [2.24, 2.45) is 0 Å². The van der Waals surface area contributed by atoms with Gasteiger partial charge in [0.2, 0.25) is 5.82 Å². The molecule has 0 aliphatic rings. The lowest BCUT2D eigenvalue weighted by molar-refractivity contribution is 0.390. The molecular weight excluding hydrogens is 165 g/mol. The maximum Gasteiger partial charge on any atom is 0.291 e. The second-order valence-corrected chi connectivity index (χ2v) is 2.22. The number of nitrogens with zero attached hydrogens (tertiary/aromatic N) is 2. The van der Waals surface area contributed by atoms with Crippen LogP contribution in [0.4, 0.5) is 4.39 Å². The van der Waals surface area contributed by atoms with Crippen LogP contribution in [0.25, 0.3) is 5.65 Å². The topological polar surface area (TPSA) is 70.4 Å². The minimum atomic E-state index is -1.23. The summed E-state index contributed by atoms with van der Waals surface area (Å²) in [6, 6.07) is 1.44. The monoisotopic (exact) mass is 169 g/mol. The maximum absolute atomic E-state index is 12.7. The molecule has 0 saturated heterocycles. The lowest BCUT2D eigenvalue weighted by Gasteiger charge is -1.96. The Kier molecular flexibility index (Phi) is 1.18. The fourth-order valence-corrected chi connectivity index (χ4v) is 0.933. The summed E-state index contributed by atoms with van der Waals surface area (Å²) in [5.41, 5.74) is -0.709. The molecule has 2 aromatic rings. The predicted octanol–water partition coefficient (Wildman–Crippen LogP) is -0.133. The van der Waals surface area contributed by atoms with E-state index >= 15 is 0 Å². The highest BCUT2D eigenvalue weighted by atomic mass is 19.1. The Morgan fingerprint density at radius 1 is 1.67 bits per heavy atom. The molecular formula is C6H4FN3O2. The van der Waals surface area contributed by atoms with E-state index in [0.29, 0.717) is 0 Å². The molecule has 0 radical (unpaired) electrons. The molecule has 62 valence electrons. The zero-order valence-corrected chi connectivity index (χ0v) is 5.78. The molecule has 6 heteroatoms. The minimum Gasteiger partial charge on any atom is -0.491 e. The van der Waals surface area contributed by atoms with Crippen molar-refractivity contribution in [3.8, 4) is 5.88 Å². The average molecular weight is 169 g/mol. The predicted molar refractivity (Wildman–Crippen MR) is 37.4 cm³/mol. The van der Waals surface area contributed by atoms with Crippen molar-refractivity contribution >= 4 is 5.65 Å². The average Bonchev–Trinajstić information content (AvgIpc) is 2.48. The number of aromatic amines is 1. The molecule has 0 saturated carbocycles. The molecule has 0 aromatic carbocycles. The number of fused-ring (bicyclic) bond motifs is 1. The van der Waals surface area contributed by atoms with Gasteiger partial charge in [0.1, 0.15) is 5.65 Å². The van der Waals surface area contributed by atoms with Gasteiger partial charge in [-0.05, 0) is 0 Å². The number of halogens is 1. The highest BCUT2D eigenvalue weighted by Gasteiger charge is 2.10. The van der Waals surface area contributed by atoms with Crippen LogP contribution in [0.1, 0.15) is 0 Å². The molecule has 0 amide bonds. The van der Waals surface area contributed by atoms with E-state index in [-0.39, 0.29) is 5.65 Å². The number of aromatic hydroxyl groups is 1. The van der Waals surface area contributed by atoms with Crippen LogP contribution in [0, 0.1) is 5.82 Å². The molecule has 0 bridgehead atoms. The Morgan fingerprint density at radius 3 is 3.17 bits per heavy atom. The fraction of sp³-hybridized carbons (Fsp3) is 0. The third-order valence-corrected chi connectivity index (χ3v) is 1.48. The summed E-state index contributed by atoms with van der Waals surface area (Å²) >= 11 is 0. The summed E-state index contributed by atoms with van der Waals surface area (Å²) in [6.45, 7) is 0. The second kappa shape index (κ2) is 2.07. The van der Waals surface area contributed by atoms with Crippen LogP contribution in [-0.4, -0.2) is 19.7 Å². The second-order valence-electron chi connectivity index (χ2n) is 2.22. The van der Waals surface area contributed by atoms with Crippen molar-refractivity contribution in [1.29, 1.82) is 0 Å². The van der Waals surface area contributed by atoms with E-state index in [4.69, 9.17) is 5.11 Å². The molecule has 2 rings (SSSR count). The van der Waals surface area contributed by atoms with Gasteiger partial charge in [0, 0.05) is 6.07 Å². The Hall–Kier alpha value is -1.85. The zero-order chi connectivity index (χ0) is 8.72. The van der Waals surface area contributed by atoms with E-state index in [1.807, 2.05) is 0 Å². The van der Waals surface area contributed by atoms with Gasteiger partial charge in [-0.1, -0.05) is 0 Å². The molecule has 2 aromatic heterocycles. The van der Waals surface area contributed by atoms with Crippen molar-refractivity contribution in [1.82, 2.24) is 14.6 Å². The minimum absolute atomic E-state index is 0.249. The highest BCUT2D eigenvalue weighted by molar-refractivity contribution is 5.38. The first kappa shape index (κ1) is 6.84. The Balaban J connectivity index is 3.04. The lowest BCUT2D eigenvalue weighted by Crippen LogP contribution is -2.13. The third-order valence-electron chi connectivity index (χ3n) is 1.48. The van der Waals surface area contributed by atoms with E-state index in [1.165, 1.54) is 12.3 Å². The molecule has 0 spiro atoms. The van der Waals surface area contributed by atoms with Gasteiger partial charge in [-0.25, -0.2) is 0 Å². The first-order valence-corrected chi connectivity index (χ1v) is 3.14. The van der Waals surface area contributed by atoms with E-state index in [9.17, 15) is 9.18 Å². The maximum atomic E-state index is 12.7. The van der Waals surface area contributed by atoms with Gasteiger partial charge < -0.3 is 10.1 Å². The summed E-state index contributed by atoms with van der Waals surface area (Å²) < 4.78 is 13.6. The number of rotatable bonds is 0. The molecule has 0 aliphatic heterocycles. The lowest BCUT2D eigenvalue weighted by atomic mass is 10.5. The van der Waals surface area contributed by atoms with E-state index < -0.39 is 17.3 Å². The van der Waals surface area contributed by atoms with E-state index in [0.717, 1.165) is 4.52 Å². The van der Waals surface area contributed by atoms with Gasteiger partial charge in [0.25, 0.3) is 11.4 Å². The molecule has 12 heavy (non-hydrogen) atoms. The van der Waals surface area contributed by atoms with Gasteiger partial charge in [-0.3, -0.25) is 4.79 Å². The van der Waals surface area contributed by atoms with Gasteiger partial charge in [0.05, 0.1) is 6.20 Å². The smallest absolute Gasteiger partial charge is 0.291 e. The van der Waals surface area contributed by atoms with Crippen molar-refractivity contribution < 1.29 is 9.50 Å². The van der Waals surface area contributed by atoms with Crippen molar-refractivity contribution in [3.05, 3.63) is 28.4 Å². The number of aromatic nitrogens is 3. The van der Waals surface area contributed by atoms with E-state index in [1.54, 1.807) is 0 Å². The molecule has 0 atom stereocenters. The van der Waals surface area contributed by atoms with Gasteiger partial charge in [0.15, 0.2) is 0 Å². The van der Waals surface area contributed by atoms with Crippen LogP contribution in [-0.2, 0) is 0 Å². The van der Waals surface area contributed by atoms with E-state index in [2.05, 4.69) is 10.1 Å². The number of nitrogens with one attached hydrogen (secondary N) is 1. The molecule has 5 nitrogen and oxygen atoms in total. The fourth-order valence-electron chi connectivity index (χ4n) is 0.933. The van der Waals surface area contributed by atoms with Crippen LogP contribution < -0.4 is 5.56 Å². The zero-order valence-electron chi connectivity index (χ0n) is 5.78. The van der Waals surface area contributed by atoms with Crippen LogP contribution in [0.5, 0.6) is 5.88 Å². The summed E-state index contributed by atoms with van der Waals surface area (Å²) in [5, 5.41) is 12.6. The van der Waals surface area contributed by atoms with Crippen molar-refractivity contribution in [2.45, 2.75) is 0 Å². The molecule has 2 N–H and O–H groups in total. The van der Waals surface area contributed by atoms with Crippen molar-refractivity contribution in [3.63, 3.8) is 0 Å². The van der Waals surface area contributed by atoms with Crippen LogP contribution in [0.15, 0.2) is 17.1 Å². The first-order valence-electron chi connectivity index (χ1n) is 3.14. The normalized spacial score (nSPS) is 10.8. The van der Waals surface area contributed by atoms with Crippen LogP contribution in [0.2, 0.25) is 0 Å². The Bertz CT molecular complexity index is 487. The van der Waals surface area contributed by atoms with Gasteiger partial charge in [-0.2, -0.15) is 14.0 Å². The van der Waals surface area contributed by atoms with Gasteiger partial charge in [-0.15, -0.1) is 0 Å². The summed E-state index contributed by atoms with van der Waals surface area (Å²) in [6.07, 6.45) is 1.34. The molecule has 2 heterocycles. The Morgan fingerprint density at radius 2 is 2.42 bits per heavy atom. The highest BCUT2D eigenvalue weighted by Crippen LogP contribution is 2.10. The summed E-state index contributed by atoms with van der Waals surface area (Å²) in [7, 11) is 0. The van der Waals surface area contributed by atoms with Crippen LogP contribution in [0.3, 0.4) is 0 Å². The Labute approximate surface area is 65.1 Å². The first-order chi connectivity index (χ1) is 5.70. The molecule has 0 fully saturated rings. The number of hydrogen-bond acceptors (Lipinski definition) is 3. The largest absolute Gasteiger partial charge is 0.491 e. The molecule has 0 unspecified atom stereocenters.